The first kappa shape index (κ1) is 16.2. The molecule has 0 bridgehead atoms. The zero-order chi connectivity index (χ0) is 14.4. The molecule has 0 saturated carbocycles. The molecule has 4 heteroatoms. The molecule has 1 aromatic rings. The number of hydrogen-bond acceptors (Lipinski definition) is 4. The Balaban J connectivity index is 2.48. The van der Waals surface area contributed by atoms with Crippen molar-refractivity contribution in [2.24, 2.45) is 0 Å². The molecule has 0 aliphatic heterocycles. The Morgan fingerprint density at radius 2 is 1.89 bits per heavy atom. The van der Waals surface area contributed by atoms with Crippen LogP contribution in [0.5, 0.6) is 0 Å². The topological polar surface area (TPSA) is 31.6 Å². The van der Waals surface area contributed by atoms with Crippen LogP contribution in [0.25, 0.3) is 0 Å². The summed E-state index contributed by atoms with van der Waals surface area (Å²) in [7, 11) is 6.33. The number of nitrogens with one attached hydrogen (secondary N) is 1. The van der Waals surface area contributed by atoms with E-state index in [1.165, 1.54) is 5.56 Å². The van der Waals surface area contributed by atoms with Gasteiger partial charge in [-0.15, -0.1) is 0 Å². The number of nitrogens with zero attached hydrogens (tertiary/aromatic N) is 2. The lowest BCUT2D eigenvalue weighted by molar-refractivity contribution is 0.255. The number of hydrogen-bond donors (Lipinski definition) is 1. The van der Waals surface area contributed by atoms with Crippen LogP contribution in [0.15, 0.2) is 10.5 Å². The van der Waals surface area contributed by atoms with E-state index in [1.807, 2.05) is 0 Å². The highest BCUT2D eigenvalue weighted by molar-refractivity contribution is 5.20. The van der Waals surface area contributed by atoms with E-state index in [4.69, 9.17) is 4.42 Å². The van der Waals surface area contributed by atoms with Crippen LogP contribution >= 0.6 is 0 Å². The highest BCUT2D eigenvalue weighted by atomic mass is 16.3. The summed E-state index contributed by atoms with van der Waals surface area (Å²) in [6, 6.07) is 2.64. The fourth-order valence-electron chi connectivity index (χ4n) is 1.86. The average molecular weight is 267 g/mol. The minimum atomic E-state index is 0.482. The van der Waals surface area contributed by atoms with Gasteiger partial charge >= 0.3 is 0 Å². The molecule has 0 aliphatic rings. The van der Waals surface area contributed by atoms with Crippen molar-refractivity contribution in [3.05, 3.63) is 23.2 Å². The van der Waals surface area contributed by atoms with E-state index >= 15 is 0 Å². The SMILES string of the molecule is Cc1cc(CN(C)CCN(C)C)oc1CNC(C)C. The first-order chi connectivity index (χ1) is 8.88. The lowest BCUT2D eigenvalue weighted by Gasteiger charge is -2.17. The van der Waals surface area contributed by atoms with E-state index in [-0.39, 0.29) is 0 Å². The molecule has 19 heavy (non-hydrogen) atoms. The smallest absolute Gasteiger partial charge is 0.120 e. The van der Waals surface area contributed by atoms with Crippen molar-refractivity contribution in [3.63, 3.8) is 0 Å². The fourth-order valence-corrected chi connectivity index (χ4v) is 1.86. The molecular weight excluding hydrogens is 238 g/mol. The maximum absolute atomic E-state index is 5.92. The van der Waals surface area contributed by atoms with Gasteiger partial charge in [-0.3, -0.25) is 4.90 Å². The monoisotopic (exact) mass is 267 g/mol. The summed E-state index contributed by atoms with van der Waals surface area (Å²) in [6.45, 7) is 10.2. The zero-order valence-corrected chi connectivity index (χ0v) is 13.3. The molecule has 0 unspecified atom stereocenters. The molecule has 0 aliphatic carbocycles. The van der Waals surface area contributed by atoms with Gasteiger partial charge in [-0.25, -0.2) is 0 Å². The maximum Gasteiger partial charge on any atom is 0.120 e. The molecule has 1 rings (SSSR count). The third-order valence-corrected chi connectivity index (χ3v) is 3.10. The normalized spacial score (nSPS) is 12.1. The van der Waals surface area contributed by atoms with Crippen molar-refractivity contribution in [2.75, 3.05) is 34.2 Å². The van der Waals surface area contributed by atoms with E-state index in [0.717, 1.165) is 37.7 Å². The molecule has 0 fully saturated rings. The predicted molar refractivity (Wildman–Crippen MR) is 80.3 cm³/mol. The summed E-state index contributed by atoms with van der Waals surface area (Å²) in [5, 5.41) is 3.40. The van der Waals surface area contributed by atoms with E-state index in [9.17, 15) is 0 Å². The lowest BCUT2D eigenvalue weighted by Crippen LogP contribution is -2.28. The zero-order valence-electron chi connectivity index (χ0n) is 13.3. The number of likely N-dealkylation sites (N-methyl/N-ethyl adjacent to an activating group) is 2. The van der Waals surface area contributed by atoms with Crippen LogP contribution in [0, 0.1) is 6.92 Å². The number of rotatable bonds is 8. The molecule has 110 valence electrons. The van der Waals surface area contributed by atoms with Gasteiger partial charge in [0.1, 0.15) is 11.5 Å². The summed E-state index contributed by atoms with van der Waals surface area (Å²) in [6.07, 6.45) is 0. The summed E-state index contributed by atoms with van der Waals surface area (Å²) in [5.41, 5.74) is 1.24. The minimum absolute atomic E-state index is 0.482. The molecule has 1 N–H and O–H groups in total. The van der Waals surface area contributed by atoms with E-state index < -0.39 is 0 Å². The van der Waals surface area contributed by atoms with Crippen molar-refractivity contribution >= 4 is 0 Å². The van der Waals surface area contributed by atoms with Crippen molar-refractivity contribution in [3.8, 4) is 0 Å². The van der Waals surface area contributed by atoms with Gasteiger partial charge < -0.3 is 14.6 Å². The second-order valence-corrected chi connectivity index (χ2v) is 5.90. The Labute approximate surface area is 117 Å². The quantitative estimate of drug-likeness (QED) is 0.781. The molecule has 0 aromatic carbocycles. The van der Waals surface area contributed by atoms with Crippen molar-refractivity contribution in [1.82, 2.24) is 15.1 Å². The molecule has 0 atom stereocenters. The van der Waals surface area contributed by atoms with E-state index in [0.29, 0.717) is 6.04 Å². The van der Waals surface area contributed by atoms with Crippen LogP contribution in [0.2, 0.25) is 0 Å². The van der Waals surface area contributed by atoms with Crippen molar-refractivity contribution < 1.29 is 4.42 Å². The van der Waals surface area contributed by atoms with Gasteiger partial charge in [0.05, 0.1) is 13.1 Å². The molecule has 0 saturated heterocycles. The molecule has 0 amide bonds. The van der Waals surface area contributed by atoms with Gasteiger partial charge in [-0.05, 0) is 39.7 Å². The maximum atomic E-state index is 5.92. The average Bonchev–Trinajstić information content (AvgIpc) is 2.64. The first-order valence-corrected chi connectivity index (χ1v) is 7.03. The summed E-state index contributed by atoms with van der Waals surface area (Å²) in [5.74, 6) is 2.11. The van der Waals surface area contributed by atoms with Gasteiger partial charge in [-0.1, -0.05) is 13.8 Å². The van der Waals surface area contributed by atoms with Crippen LogP contribution in [0.4, 0.5) is 0 Å². The Hall–Kier alpha value is -0.840. The predicted octanol–water partition coefficient (Wildman–Crippen LogP) is 2.08. The van der Waals surface area contributed by atoms with Gasteiger partial charge in [0, 0.05) is 19.1 Å². The standard InChI is InChI=1S/C15H29N3O/c1-12(2)16-10-15-13(3)9-14(19-15)11-18(6)8-7-17(4)5/h9,12,16H,7-8,10-11H2,1-6H3. The van der Waals surface area contributed by atoms with Crippen LogP contribution in [0.3, 0.4) is 0 Å². The molecule has 1 heterocycles. The van der Waals surface area contributed by atoms with Crippen LogP contribution in [0.1, 0.15) is 30.9 Å². The third kappa shape index (κ3) is 6.23. The van der Waals surface area contributed by atoms with E-state index in [2.05, 4.69) is 63.1 Å². The number of furan rings is 1. The van der Waals surface area contributed by atoms with Crippen molar-refractivity contribution in [1.29, 1.82) is 0 Å². The van der Waals surface area contributed by atoms with E-state index in [1.54, 1.807) is 0 Å². The van der Waals surface area contributed by atoms with Gasteiger partial charge in [0.15, 0.2) is 0 Å². The Kier molecular flexibility index (Phi) is 6.55. The van der Waals surface area contributed by atoms with Crippen LogP contribution < -0.4 is 5.32 Å². The molecular formula is C15H29N3O. The molecule has 0 radical (unpaired) electrons. The summed E-state index contributed by atoms with van der Waals surface area (Å²) >= 11 is 0. The third-order valence-electron chi connectivity index (χ3n) is 3.10. The Morgan fingerprint density at radius 1 is 1.21 bits per heavy atom. The second kappa shape index (κ2) is 7.68. The van der Waals surface area contributed by atoms with Gasteiger partial charge in [0.25, 0.3) is 0 Å². The Morgan fingerprint density at radius 3 is 2.47 bits per heavy atom. The molecule has 1 aromatic heterocycles. The minimum Gasteiger partial charge on any atom is -0.463 e. The van der Waals surface area contributed by atoms with Gasteiger partial charge in [0.2, 0.25) is 0 Å². The summed E-state index contributed by atoms with van der Waals surface area (Å²) in [4.78, 5) is 4.49. The largest absolute Gasteiger partial charge is 0.463 e. The van der Waals surface area contributed by atoms with Gasteiger partial charge in [-0.2, -0.15) is 0 Å². The molecule has 0 spiro atoms. The first-order valence-electron chi connectivity index (χ1n) is 7.03. The number of aryl methyl sites for hydroxylation is 1. The molecule has 4 nitrogen and oxygen atoms in total. The highest BCUT2D eigenvalue weighted by Crippen LogP contribution is 2.16. The van der Waals surface area contributed by atoms with Crippen LogP contribution in [-0.2, 0) is 13.1 Å². The summed E-state index contributed by atoms with van der Waals surface area (Å²) < 4.78 is 5.92. The highest BCUT2D eigenvalue weighted by Gasteiger charge is 2.10. The Bertz CT molecular complexity index is 371. The van der Waals surface area contributed by atoms with Crippen LogP contribution in [-0.4, -0.2) is 50.1 Å². The van der Waals surface area contributed by atoms with Crippen molar-refractivity contribution in [2.45, 2.75) is 39.9 Å². The fraction of sp³-hybridized carbons (Fsp3) is 0.733. The lowest BCUT2D eigenvalue weighted by atomic mass is 10.2. The second-order valence-electron chi connectivity index (χ2n) is 5.90.